The number of benzene rings is 1. The highest BCUT2D eigenvalue weighted by Gasteiger charge is 2.16. The number of ether oxygens (including phenoxy) is 3. The summed E-state index contributed by atoms with van der Waals surface area (Å²) in [5, 5.41) is 2.82. The van der Waals surface area contributed by atoms with Crippen molar-refractivity contribution in [1.29, 1.82) is 0 Å². The average Bonchev–Trinajstić information content (AvgIpc) is 3.05. The van der Waals surface area contributed by atoms with E-state index in [0.29, 0.717) is 18.0 Å². The fourth-order valence-corrected chi connectivity index (χ4v) is 2.35. The average molecular weight is 305 g/mol. The molecule has 1 aliphatic rings. The lowest BCUT2D eigenvalue weighted by molar-refractivity contribution is -0.123. The van der Waals surface area contributed by atoms with Crippen LogP contribution in [0.1, 0.15) is 18.4 Å². The second-order valence-corrected chi connectivity index (χ2v) is 5.21. The number of rotatable bonds is 8. The van der Waals surface area contributed by atoms with Gasteiger partial charge in [0.1, 0.15) is 0 Å². The van der Waals surface area contributed by atoms with Crippen molar-refractivity contribution in [2.75, 3.05) is 26.9 Å². The molecule has 5 nitrogen and oxygen atoms in total. The molecule has 1 N–H and O–H groups in total. The second kappa shape index (κ2) is 8.44. The third-order valence-electron chi connectivity index (χ3n) is 3.52. The number of hydrogen-bond acceptors (Lipinski definition) is 4. The summed E-state index contributed by atoms with van der Waals surface area (Å²) in [5.74, 6) is 1.02. The molecule has 1 aromatic carbocycles. The Morgan fingerprint density at radius 2 is 2.36 bits per heavy atom. The molecule has 120 valence electrons. The molecular formula is C17H23NO4. The van der Waals surface area contributed by atoms with Crippen LogP contribution in [0.25, 0.3) is 0 Å². The third-order valence-corrected chi connectivity index (χ3v) is 3.52. The highest BCUT2D eigenvalue weighted by Crippen LogP contribution is 2.28. The lowest BCUT2D eigenvalue weighted by Crippen LogP contribution is -2.35. The van der Waals surface area contributed by atoms with Crippen molar-refractivity contribution in [3.05, 3.63) is 36.4 Å². The van der Waals surface area contributed by atoms with Gasteiger partial charge in [0.15, 0.2) is 18.1 Å². The number of hydrogen-bond donors (Lipinski definition) is 1. The van der Waals surface area contributed by atoms with Crippen LogP contribution in [0.15, 0.2) is 30.9 Å². The Kier molecular flexibility index (Phi) is 6.27. The van der Waals surface area contributed by atoms with Crippen molar-refractivity contribution in [2.45, 2.75) is 25.4 Å². The Morgan fingerprint density at radius 1 is 1.50 bits per heavy atom. The van der Waals surface area contributed by atoms with Gasteiger partial charge in [-0.25, -0.2) is 0 Å². The standard InChI is InChI=1S/C17H23NO4/c1-3-5-13-7-8-15(16(10-13)20-2)22-12-17(19)18-11-14-6-4-9-21-14/h3,7-8,10,14H,1,4-6,9,11-12H2,2H3,(H,18,19). The van der Waals surface area contributed by atoms with E-state index in [4.69, 9.17) is 14.2 Å². The molecule has 1 heterocycles. The lowest BCUT2D eigenvalue weighted by Gasteiger charge is -2.13. The predicted octanol–water partition coefficient (Wildman–Crippen LogP) is 2.10. The Labute approximate surface area is 131 Å². The molecule has 0 bridgehead atoms. The van der Waals surface area contributed by atoms with Crippen molar-refractivity contribution in [1.82, 2.24) is 5.32 Å². The van der Waals surface area contributed by atoms with Gasteiger partial charge in [-0.05, 0) is 37.0 Å². The molecule has 2 rings (SSSR count). The number of amides is 1. The molecular weight excluding hydrogens is 282 g/mol. The molecule has 0 saturated carbocycles. The van der Waals surface area contributed by atoms with E-state index in [2.05, 4.69) is 11.9 Å². The van der Waals surface area contributed by atoms with E-state index in [1.54, 1.807) is 7.11 Å². The molecule has 1 aliphatic heterocycles. The topological polar surface area (TPSA) is 56.8 Å². The van der Waals surface area contributed by atoms with E-state index in [9.17, 15) is 4.79 Å². The zero-order chi connectivity index (χ0) is 15.8. The Bertz CT molecular complexity index is 509. The van der Waals surface area contributed by atoms with Crippen LogP contribution in [0.5, 0.6) is 11.5 Å². The van der Waals surface area contributed by atoms with E-state index >= 15 is 0 Å². The van der Waals surface area contributed by atoms with Crippen LogP contribution in [0.2, 0.25) is 0 Å². The van der Waals surface area contributed by atoms with E-state index in [-0.39, 0.29) is 18.6 Å². The molecule has 1 amide bonds. The van der Waals surface area contributed by atoms with Gasteiger partial charge in [-0.2, -0.15) is 0 Å². The summed E-state index contributed by atoms with van der Waals surface area (Å²) in [6.45, 7) is 5.00. The quantitative estimate of drug-likeness (QED) is 0.747. The maximum absolute atomic E-state index is 11.8. The Morgan fingerprint density at radius 3 is 3.05 bits per heavy atom. The first-order chi connectivity index (χ1) is 10.7. The summed E-state index contributed by atoms with van der Waals surface area (Å²) in [6, 6.07) is 5.64. The monoisotopic (exact) mass is 305 g/mol. The first-order valence-electron chi connectivity index (χ1n) is 7.52. The van der Waals surface area contributed by atoms with Crippen molar-refractivity contribution < 1.29 is 19.0 Å². The van der Waals surface area contributed by atoms with Gasteiger partial charge < -0.3 is 19.5 Å². The van der Waals surface area contributed by atoms with E-state index in [0.717, 1.165) is 31.4 Å². The van der Waals surface area contributed by atoms with Gasteiger partial charge in [0, 0.05) is 13.2 Å². The SMILES string of the molecule is C=CCc1ccc(OCC(=O)NCC2CCCO2)c(OC)c1. The van der Waals surface area contributed by atoms with Crippen molar-refractivity contribution in [3.63, 3.8) is 0 Å². The van der Waals surface area contributed by atoms with Crippen LogP contribution in [0.4, 0.5) is 0 Å². The second-order valence-electron chi connectivity index (χ2n) is 5.21. The largest absolute Gasteiger partial charge is 0.493 e. The maximum atomic E-state index is 11.8. The fourth-order valence-electron chi connectivity index (χ4n) is 2.35. The minimum absolute atomic E-state index is 0.0378. The summed E-state index contributed by atoms with van der Waals surface area (Å²) in [5.41, 5.74) is 1.09. The van der Waals surface area contributed by atoms with Crippen LogP contribution in [0, 0.1) is 0 Å². The number of carbonyl (C=O) groups excluding carboxylic acids is 1. The first-order valence-corrected chi connectivity index (χ1v) is 7.52. The van der Waals surface area contributed by atoms with Gasteiger partial charge in [-0.1, -0.05) is 12.1 Å². The van der Waals surface area contributed by atoms with Crippen LogP contribution < -0.4 is 14.8 Å². The van der Waals surface area contributed by atoms with Crippen LogP contribution in [0.3, 0.4) is 0 Å². The van der Waals surface area contributed by atoms with Gasteiger partial charge in [0.25, 0.3) is 5.91 Å². The zero-order valence-electron chi connectivity index (χ0n) is 13.0. The molecule has 1 unspecified atom stereocenters. The van der Waals surface area contributed by atoms with Gasteiger partial charge in [0.2, 0.25) is 0 Å². The minimum atomic E-state index is -0.160. The van der Waals surface area contributed by atoms with E-state index in [1.165, 1.54) is 0 Å². The molecule has 0 spiro atoms. The Hall–Kier alpha value is -2.01. The molecule has 1 aromatic rings. The van der Waals surface area contributed by atoms with Gasteiger partial charge in [-0.15, -0.1) is 6.58 Å². The summed E-state index contributed by atoms with van der Waals surface area (Å²) >= 11 is 0. The maximum Gasteiger partial charge on any atom is 0.258 e. The highest BCUT2D eigenvalue weighted by molar-refractivity contribution is 5.77. The smallest absolute Gasteiger partial charge is 0.258 e. The molecule has 0 aromatic heterocycles. The summed E-state index contributed by atoms with van der Waals surface area (Å²) < 4.78 is 16.3. The zero-order valence-corrected chi connectivity index (χ0v) is 13.0. The number of allylic oxidation sites excluding steroid dienone is 1. The van der Waals surface area contributed by atoms with Crippen molar-refractivity contribution >= 4 is 5.91 Å². The van der Waals surface area contributed by atoms with E-state index < -0.39 is 0 Å². The Balaban J connectivity index is 1.81. The summed E-state index contributed by atoms with van der Waals surface area (Å²) in [4.78, 5) is 11.8. The predicted molar refractivity (Wildman–Crippen MR) is 84.4 cm³/mol. The lowest BCUT2D eigenvalue weighted by atomic mass is 10.1. The van der Waals surface area contributed by atoms with Crippen LogP contribution in [-0.2, 0) is 16.0 Å². The normalized spacial score (nSPS) is 17.0. The number of nitrogens with one attached hydrogen (secondary N) is 1. The molecule has 0 radical (unpaired) electrons. The molecule has 5 heteroatoms. The molecule has 1 atom stereocenters. The molecule has 0 aliphatic carbocycles. The van der Waals surface area contributed by atoms with Gasteiger partial charge >= 0.3 is 0 Å². The molecule has 22 heavy (non-hydrogen) atoms. The molecule has 1 saturated heterocycles. The number of methoxy groups -OCH3 is 1. The van der Waals surface area contributed by atoms with Crippen LogP contribution >= 0.6 is 0 Å². The minimum Gasteiger partial charge on any atom is -0.493 e. The van der Waals surface area contributed by atoms with Gasteiger partial charge in [-0.3, -0.25) is 4.79 Å². The van der Waals surface area contributed by atoms with Crippen LogP contribution in [-0.4, -0.2) is 38.9 Å². The highest BCUT2D eigenvalue weighted by atomic mass is 16.5. The van der Waals surface area contributed by atoms with Crippen molar-refractivity contribution in [2.24, 2.45) is 0 Å². The summed E-state index contributed by atoms with van der Waals surface area (Å²) in [6.07, 6.45) is 4.79. The fraction of sp³-hybridized carbons (Fsp3) is 0.471. The van der Waals surface area contributed by atoms with Crippen molar-refractivity contribution in [3.8, 4) is 11.5 Å². The first kappa shape index (κ1) is 16.4. The third kappa shape index (κ3) is 4.77. The van der Waals surface area contributed by atoms with Gasteiger partial charge in [0.05, 0.1) is 13.2 Å². The number of carbonyl (C=O) groups is 1. The van der Waals surface area contributed by atoms with E-state index in [1.807, 2.05) is 24.3 Å². The molecule has 1 fully saturated rings. The summed E-state index contributed by atoms with van der Waals surface area (Å²) in [7, 11) is 1.58.